The number of ketones is 1. The Morgan fingerprint density at radius 1 is 1.30 bits per heavy atom. The molecule has 1 fully saturated rings. The maximum absolute atomic E-state index is 12.3. The van der Waals surface area contributed by atoms with E-state index < -0.39 is 0 Å². The number of nitrogens with one attached hydrogen (secondary N) is 2. The molecule has 1 saturated heterocycles. The van der Waals surface area contributed by atoms with Gasteiger partial charge in [0.1, 0.15) is 0 Å². The average molecular weight is 319 g/mol. The van der Waals surface area contributed by atoms with Crippen LogP contribution in [-0.2, 0) is 4.79 Å². The first kappa shape index (κ1) is 15.8. The van der Waals surface area contributed by atoms with Crippen LogP contribution < -0.4 is 19.7 Å². The molecule has 0 spiro atoms. The largest absolute Gasteiger partial charge is 0.454 e. The number of Topliss-reactive ketones (excluding diaryl/α,β-unsaturated/α-hetero) is 1. The summed E-state index contributed by atoms with van der Waals surface area (Å²) in [5.41, 5.74) is 0.945. The number of rotatable bonds is 4. The number of benzene rings is 1. The minimum Gasteiger partial charge on any atom is -0.454 e. The molecular weight excluding hydrogens is 296 g/mol. The van der Waals surface area contributed by atoms with Gasteiger partial charge in [0.25, 0.3) is 5.91 Å². The minimum atomic E-state index is -0.113. The Kier molecular flexibility index (Phi) is 4.52. The fourth-order valence-electron chi connectivity index (χ4n) is 3.32. The van der Waals surface area contributed by atoms with Crippen molar-refractivity contribution in [2.75, 3.05) is 31.7 Å². The number of carbonyl (C=O) groups is 2. The first-order valence-corrected chi connectivity index (χ1v) is 8.11. The van der Waals surface area contributed by atoms with E-state index in [-0.39, 0.29) is 18.5 Å². The number of fused-ring (bicyclic) bond motifs is 1. The van der Waals surface area contributed by atoms with E-state index in [1.54, 1.807) is 12.1 Å². The molecule has 1 aromatic rings. The number of piperidine rings is 1. The second kappa shape index (κ2) is 6.58. The summed E-state index contributed by atoms with van der Waals surface area (Å²) in [6, 6.07) is 3.31. The van der Waals surface area contributed by atoms with E-state index in [9.17, 15) is 9.59 Å². The van der Waals surface area contributed by atoms with Gasteiger partial charge < -0.3 is 19.7 Å². The lowest BCUT2D eigenvalue weighted by molar-refractivity contribution is -0.900. The van der Waals surface area contributed by atoms with Crippen LogP contribution in [0.3, 0.4) is 0 Å². The van der Waals surface area contributed by atoms with Crippen molar-refractivity contribution in [1.82, 2.24) is 0 Å². The Hall–Kier alpha value is -2.08. The van der Waals surface area contributed by atoms with Gasteiger partial charge in [-0.05, 0) is 25.8 Å². The zero-order valence-corrected chi connectivity index (χ0v) is 13.6. The van der Waals surface area contributed by atoms with Crippen molar-refractivity contribution in [3.05, 3.63) is 17.7 Å². The summed E-state index contributed by atoms with van der Waals surface area (Å²) in [5, 5.41) is 2.87. The molecule has 6 heteroatoms. The van der Waals surface area contributed by atoms with E-state index in [4.69, 9.17) is 9.47 Å². The summed E-state index contributed by atoms with van der Waals surface area (Å²) in [5.74, 6) is 1.57. The zero-order chi connectivity index (χ0) is 16.4. The van der Waals surface area contributed by atoms with Gasteiger partial charge in [0.2, 0.25) is 6.79 Å². The normalized spacial score (nSPS) is 22.7. The van der Waals surface area contributed by atoms with Crippen LogP contribution in [0, 0.1) is 5.92 Å². The lowest BCUT2D eigenvalue weighted by Crippen LogP contribution is -3.14. The molecule has 0 aromatic heterocycles. The van der Waals surface area contributed by atoms with Crippen molar-refractivity contribution in [2.45, 2.75) is 26.7 Å². The standard InChI is InChI=1S/C17H22N2O4/c1-11-4-3-5-19(8-11)9-17(21)18-14-7-16-15(22-10-23-16)6-13(14)12(2)20/h6-7,11H,3-5,8-10H2,1-2H3,(H,18,21)/p+1/t11-/m0/s1. The summed E-state index contributed by atoms with van der Waals surface area (Å²) in [6.07, 6.45) is 2.40. The third-order valence-electron chi connectivity index (χ3n) is 4.44. The first-order chi connectivity index (χ1) is 11.0. The second-order valence-electron chi connectivity index (χ2n) is 6.48. The molecule has 23 heavy (non-hydrogen) atoms. The van der Waals surface area contributed by atoms with Crippen LogP contribution >= 0.6 is 0 Å². The van der Waals surface area contributed by atoms with Gasteiger partial charge in [0, 0.05) is 17.5 Å². The maximum Gasteiger partial charge on any atom is 0.279 e. The molecule has 124 valence electrons. The highest BCUT2D eigenvalue weighted by molar-refractivity contribution is 6.04. The van der Waals surface area contributed by atoms with Crippen molar-refractivity contribution in [3.63, 3.8) is 0 Å². The van der Waals surface area contributed by atoms with Gasteiger partial charge in [-0.1, -0.05) is 6.92 Å². The smallest absolute Gasteiger partial charge is 0.279 e. The maximum atomic E-state index is 12.3. The van der Waals surface area contributed by atoms with Crippen LogP contribution in [-0.4, -0.2) is 38.1 Å². The molecule has 2 N–H and O–H groups in total. The van der Waals surface area contributed by atoms with Gasteiger partial charge in [0.05, 0.1) is 18.8 Å². The highest BCUT2D eigenvalue weighted by Gasteiger charge is 2.24. The van der Waals surface area contributed by atoms with Crippen LogP contribution in [0.2, 0.25) is 0 Å². The zero-order valence-electron chi connectivity index (χ0n) is 13.6. The fourth-order valence-corrected chi connectivity index (χ4v) is 3.32. The molecule has 2 atom stereocenters. The Morgan fingerprint density at radius 2 is 2.04 bits per heavy atom. The van der Waals surface area contributed by atoms with Crippen molar-refractivity contribution in [3.8, 4) is 11.5 Å². The van der Waals surface area contributed by atoms with Crippen molar-refractivity contribution < 1.29 is 24.0 Å². The molecule has 0 saturated carbocycles. The Labute approximate surface area is 135 Å². The molecule has 1 amide bonds. The van der Waals surface area contributed by atoms with Crippen molar-refractivity contribution in [1.29, 1.82) is 0 Å². The van der Waals surface area contributed by atoms with Gasteiger partial charge in [-0.3, -0.25) is 9.59 Å². The van der Waals surface area contributed by atoms with Gasteiger partial charge in [-0.25, -0.2) is 0 Å². The molecular formula is C17H23N2O4+. The summed E-state index contributed by atoms with van der Waals surface area (Å²) in [4.78, 5) is 25.5. The molecule has 1 unspecified atom stereocenters. The Morgan fingerprint density at radius 3 is 2.74 bits per heavy atom. The topological polar surface area (TPSA) is 69.1 Å². The molecule has 0 bridgehead atoms. The third-order valence-corrected chi connectivity index (χ3v) is 4.44. The van der Waals surface area contributed by atoms with E-state index >= 15 is 0 Å². The molecule has 2 heterocycles. The molecule has 0 aliphatic carbocycles. The minimum absolute atomic E-state index is 0.0736. The number of anilines is 1. The number of quaternary nitrogens is 1. The van der Waals surface area contributed by atoms with E-state index in [0.717, 1.165) is 19.5 Å². The number of carbonyl (C=O) groups excluding carboxylic acids is 2. The SMILES string of the molecule is CC(=O)c1cc2c(cc1NC(=O)C[NH+]1CCC[C@H](C)C1)OCO2. The van der Waals surface area contributed by atoms with Gasteiger partial charge in [-0.2, -0.15) is 0 Å². The summed E-state index contributed by atoms with van der Waals surface area (Å²) >= 11 is 0. The van der Waals surface area contributed by atoms with Gasteiger partial charge >= 0.3 is 0 Å². The van der Waals surface area contributed by atoms with Gasteiger partial charge in [-0.15, -0.1) is 0 Å². The van der Waals surface area contributed by atoms with E-state index in [1.165, 1.54) is 18.2 Å². The van der Waals surface area contributed by atoms with Crippen LogP contribution in [0.25, 0.3) is 0 Å². The van der Waals surface area contributed by atoms with E-state index in [2.05, 4.69) is 12.2 Å². The molecule has 3 rings (SSSR count). The fraction of sp³-hybridized carbons (Fsp3) is 0.529. The van der Waals surface area contributed by atoms with E-state index in [1.807, 2.05) is 0 Å². The molecule has 1 aromatic carbocycles. The molecule has 2 aliphatic heterocycles. The average Bonchev–Trinajstić information content (AvgIpc) is 2.93. The highest BCUT2D eigenvalue weighted by Crippen LogP contribution is 2.37. The van der Waals surface area contributed by atoms with Crippen LogP contribution in [0.15, 0.2) is 12.1 Å². The molecule has 6 nitrogen and oxygen atoms in total. The van der Waals surface area contributed by atoms with Gasteiger partial charge in [0.15, 0.2) is 23.8 Å². The summed E-state index contributed by atoms with van der Waals surface area (Å²) in [7, 11) is 0. The summed E-state index contributed by atoms with van der Waals surface area (Å²) in [6.45, 7) is 6.32. The molecule has 2 aliphatic rings. The predicted octanol–water partition coefficient (Wildman–Crippen LogP) is 0.871. The first-order valence-electron chi connectivity index (χ1n) is 8.11. The number of likely N-dealkylation sites (tertiary alicyclic amines) is 1. The number of hydrogen-bond acceptors (Lipinski definition) is 4. The van der Waals surface area contributed by atoms with Crippen LogP contribution in [0.4, 0.5) is 5.69 Å². The highest BCUT2D eigenvalue weighted by atomic mass is 16.7. The monoisotopic (exact) mass is 319 g/mol. The Bertz CT molecular complexity index is 629. The number of hydrogen-bond donors (Lipinski definition) is 2. The van der Waals surface area contributed by atoms with Crippen LogP contribution in [0.1, 0.15) is 37.0 Å². The van der Waals surface area contributed by atoms with Crippen molar-refractivity contribution in [2.24, 2.45) is 5.92 Å². The van der Waals surface area contributed by atoms with E-state index in [0.29, 0.717) is 35.2 Å². The number of amides is 1. The summed E-state index contributed by atoms with van der Waals surface area (Å²) < 4.78 is 10.6. The lowest BCUT2D eigenvalue weighted by Gasteiger charge is -2.27. The number of ether oxygens (including phenoxy) is 2. The van der Waals surface area contributed by atoms with Crippen LogP contribution in [0.5, 0.6) is 11.5 Å². The Balaban J connectivity index is 1.71. The quantitative estimate of drug-likeness (QED) is 0.808. The lowest BCUT2D eigenvalue weighted by atomic mass is 10.0. The molecule has 0 radical (unpaired) electrons. The predicted molar refractivity (Wildman–Crippen MR) is 85.2 cm³/mol. The second-order valence-corrected chi connectivity index (χ2v) is 6.48. The third kappa shape index (κ3) is 3.64. The van der Waals surface area contributed by atoms with Crippen molar-refractivity contribution >= 4 is 17.4 Å².